The van der Waals surface area contributed by atoms with Crippen LogP contribution in [0.4, 0.5) is 0 Å². The second kappa shape index (κ2) is 6.17. The molecule has 1 saturated heterocycles. The van der Waals surface area contributed by atoms with Crippen LogP contribution in [0.1, 0.15) is 24.8 Å². The Morgan fingerprint density at radius 2 is 2.24 bits per heavy atom. The van der Waals surface area contributed by atoms with E-state index >= 15 is 0 Å². The van der Waals surface area contributed by atoms with Crippen molar-refractivity contribution in [1.82, 2.24) is 5.32 Å². The Morgan fingerprint density at radius 3 is 2.94 bits per heavy atom. The molecule has 3 nitrogen and oxygen atoms in total. The third-order valence-electron chi connectivity index (χ3n) is 2.92. The molecular formula is C13H16BrNO2. The van der Waals surface area contributed by atoms with Crippen molar-refractivity contribution in [3.63, 3.8) is 0 Å². The van der Waals surface area contributed by atoms with Gasteiger partial charge in [-0.25, -0.2) is 0 Å². The summed E-state index contributed by atoms with van der Waals surface area (Å²) < 4.78 is 6.29. The number of ether oxygens (including phenoxy) is 1. The fraction of sp³-hybridized carbons (Fsp3) is 0.462. The summed E-state index contributed by atoms with van der Waals surface area (Å²) >= 11 is 3.44. The van der Waals surface area contributed by atoms with Gasteiger partial charge in [0.1, 0.15) is 12.6 Å². The predicted octanol–water partition coefficient (Wildman–Crippen LogP) is 2.63. The van der Waals surface area contributed by atoms with Crippen LogP contribution in [-0.4, -0.2) is 18.6 Å². The van der Waals surface area contributed by atoms with Gasteiger partial charge in [0.25, 0.3) is 0 Å². The number of rotatable bonds is 3. The number of hydrogen-bond donors (Lipinski definition) is 1. The summed E-state index contributed by atoms with van der Waals surface area (Å²) in [4.78, 5) is 11.8. The minimum atomic E-state index is -0.138. The van der Waals surface area contributed by atoms with Crippen LogP contribution in [0.2, 0.25) is 0 Å². The van der Waals surface area contributed by atoms with Crippen LogP contribution in [0.25, 0.3) is 0 Å². The highest BCUT2D eigenvalue weighted by molar-refractivity contribution is 9.10. The largest absolute Gasteiger partial charge is 0.460 e. The highest BCUT2D eigenvalue weighted by atomic mass is 79.9. The number of nitrogens with one attached hydrogen (secondary N) is 1. The van der Waals surface area contributed by atoms with Crippen LogP contribution >= 0.6 is 15.9 Å². The third-order valence-corrected chi connectivity index (χ3v) is 3.70. The van der Waals surface area contributed by atoms with Crippen LogP contribution in [0, 0.1) is 0 Å². The van der Waals surface area contributed by atoms with Gasteiger partial charge in [0.15, 0.2) is 0 Å². The van der Waals surface area contributed by atoms with Gasteiger partial charge in [0, 0.05) is 10.0 Å². The highest BCUT2D eigenvalue weighted by Crippen LogP contribution is 2.17. The molecule has 4 heteroatoms. The van der Waals surface area contributed by atoms with E-state index in [1.165, 1.54) is 0 Å². The first-order chi connectivity index (χ1) is 8.27. The summed E-state index contributed by atoms with van der Waals surface area (Å²) in [7, 11) is 0. The molecule has 0 radical (unpaired) electrons. The fourth-order valence-corrected chi connectivity index (χ4v) is 2.32. The summed E-state index contributed by atoms with van der Waals surface area (Å²) in [6, 6.07) is 7.66. The van der Waals surface area contributed by atoms with Crippen molar-refractivity contribution >= 4 is 21.9 Å². The molecule has 0 saturated carbocycles. The third kappa shape index (κ3) is 3.54. The van der Waals surface area contributed by atoms with Gasteiger partial charge in [0.05, 0.1) is 0 Å². The molecule has 1 heterocycles. The SMILES string of the molecule is O=C(OCc1ccccc1Br)[C@@H]1CCCCN1. The fourth-order valence-electron chi connectivity index (χ4n) is 1.92. The van der Waals surface area contributed by atoms with Crippen LogP contribution in [0.15, 0.2) is 28.7 Å². The van der Waals surface area contributed by atoms with E-state index < -0.39 is 0 Å². The standard InChI is InChI=1S/C13H16BrNO2/c14-11-6-2-1-5-10(11)9-17-13(16)12-7-3-4-8-15-12/h1-2,5-6,12,15H,3-4,7-9H2/t12-/m0/s1. The first-order valence-corrected chi connectivity index (χ1v) is 6.70. The zero-order valence-electron chi connectivity index (χ0n) is 9.62. The summed E-state index contributed by atoms with van der Waals surface area (Å²) in [5.41, 5.74) is 0.997. The zero-order valence-corrected chi connectivity index (χ0v) is 11.2. The maximum Gasteiger partial charge on any atom is 0.323 e. The minimum Gasteiger partial charge on any atom is -0.460 e. The lowest BCUT2D eigenvalue weighted by Crippen LogP contribution is -2.41. The molecule has 17 heavy (non-hydrogen) atoms. The molecule has 0 spiro atoms. The molecule has 0 aromatic heterocycles. The van der Waals surface area contributed by atoms with E-state index in [4.69, 9.17) is 4.74 Å². The van der Waals surface area contributed by atoms with Crippen molar-refractivity contribution in [2.75, 3.05) is 6.54 Å². The second-order valence-corrected chi connectivity index (χ2v) is 5.06. The van der Waals surface area contributed by atoms with Crippen molar-refractivity contribution in [3.05, 3.63) is 34.3 Å². The highest BCUT2D eigenvalue weighted by Gasteiger charge is 2.21. The van der Waals surface area contributed by atoms with E-state index in [2.05, 4.69) is 21.2 Å². The summed E-state index contributed by atoms with van der Waals surface area (Å²) in [6.07, 6.45) is 3.13. The van der Waals surface area contributed by atoms with Crippen molar-refractivity contribution in [2.24, 2.45) is 0 Å². The maximum absolute atomic E-state index is 11.8. The van der Waals surface area contributed by atoms with Crippen LogP contribution in [0.3, 0.4) is 0 Å². The number of piperidine rings is 1. The average molecular weight is 298 g/mol. The molecule has 0 unspecified atom stereocenters. The Labute approximate surface area is 110 Å². The van der Waals surface area contributed by atoms with Crippen molar-refractivity contribution in [2.45, 2.75) is 31.9 Å². The summed E-state index contributed by atoms with van der Waals surface area (Å²) in [6.45, 7) is 1.24. The Kier molecular flexibility index (Phi) is 4.57. The smallest absolute Gasteiger partial charge is 0.323 e. The van der Waals surface area contributed by atoms with Gasteiger partial charge in [-0.1, -0.05) is 40.5 Å². The van der Waals surface area contributed by atoms with Gasteiger partial charge in [-0.05, 0) is 25.5 Å². The lowest BCUT2D eigenvalue weighted by atomic mass is 10.1. The molecule has 1 atom stereocenters. The van der Waals surface area contributed by atoms with E-state index in [1.54, 1.807) is 0 Å². The van der Waals surface area contributed by atoms with Crippen LogP contribution in [0.5, 0.6) is 0 Å². The number of hydrogen-bond acceptors (Lipinski definition) is 3. The molecule has 0 amide bonds. The number of esters is 1. The molecule has 0 aliphatic carbocycles. The maximum atomic E-state index is 11.8. The summed E-state index contributed by atoms with van der Waals surface area (Å²) in [5.74, 6) is -0.138. The normalized spacial score (nSPS) is 19.9. The number of carbonyl (C=O) groups excluding carboxylic acids is 1. The van der Waals surface area contributed by atoms with Crippen molar-refractivity contribution in [3.8, 4) is 0 Å². The molecule has 1 aliphatic rings. The van der Waals surface area contributed by atoms with Gasteiger partial charge >= 0.3 is 5.97 Å². The minimum absolute atomic E-state index is 0.119. The number of halogens is 1. The first-order valence-electron chi connectivity index (χ1n) is 5.91. The molecule has 92 valence electrons. The van der Waals surface area contributed by atoms with E-state index in [0.29, 0.717) is 6.61 Å². The molecule has 1 aliphatic heterocycles. The predicted molar refractivity (Wildman–Crippen MR) is 69.6 cm³/mol. The molecular weight excluding hydrogens is 282 g/mol. The quantitative estimate of drug-likeness (QED) is 0.872. The van der Waals surface area contributed by atoms with E-state index in [-0.39, 0.29) is 12.0 Å². The van der Waals surface area contributed by atoms with Crippen LogP contribution in [-0.2, 0) is 16.1 Å². The van der Waals surface area contributed by atoms with Gasteiger partial charge in [0.2, 0.25) is 0 Å². The first kappa shape index (κ1) is 12.6. The van der Waals surface area contributed by atoms with Gasteiger partial charge < -0.3 is 10.1 Å². The van der Waals surface area contributed by atoms with E-state index in [0.717, 1.165) is 35.8 Å². The average Bonchev–Trinajstić information content (AvgIpc) is 2.38. The molecule has 0 bridgehead atoms. The van der Waals surface area contributed by atoms with Gasteiger partial charge in [-0.3, -0.25) is 4.79 Å². The lowest BCUT2D eigenvalue weighted by Gasteiger charge is -2.21. The Bertz CT molecular complexity index is 389. The lowest BCUT2D eigenvalue weighted by molar-refractivity contribution is -0.148. The molecule has 1 N–H and O–H groups in total. The molecule has 2 rings (SSSR count). The Morgan fingerprint density at radius 1 is 1.41 bits per heavy atom. The molecule has 1 fully saturated rings. The monoisotopic (exact) mass is 297 g/mol. The molecule has 1 aromatic carbocycles. The van der Waals surface area contributed by atoms with Crippen LogP contribution < -0.4 is 5.32 Å². The molecule has 1 aromatic rings. The van der Waals surface area contributed by atoms with Crippen molar-refractivity contribution in [1.29, 1.82) is 0 Å². The topological polar surface area (TPSA) is 38.3 Å². The second-order valence-electron chi connectivity index (χ2n) is 4.20. The zero-order chi connectivity index (χ0) is 12.1. The Hall–Kier alpha value is -0.870. The van der Waals surface area contributed by atoms with E-state index in [1.807, 2.05) is 24.3 Å². The summed E-state index contributed by atoms with van der Waals surface area (Å²) in [5, 5.41) is 3.18. The number of benzene rings is 1. The van der Waals surface area contributed by atoms with Gasteiger partial charge in [-0.2, -0.15) is 0 Å². The Balaban J connectivity index is 1.85. The van der Waals surface area contributed by atoms with E-state index in [9.17, 15) is 4.79 Å². The van der Waals surface area contributed by atoms with Crippen molar-refractivity contribution < 1.29 is 9.53 Å². The van der Waals surface area contributed by atoms with Gasteiger partial charge in [-0.15, -0.1) is 0 Å². The number of carbonyl (C=O) groups is 1.